The van der Waals surface area contributed by atoms with E-state index in [2.05, 4.69) is 5.32 Å². The molecule has 0 aromatic heterocycles. The lowest BCUT2D eigenvalue weighted by molar-refractivity contribution is -0.120. The van der Waals surface area contributed by atoms with Crippen LogP contribution >= 0.6 is 0 Å². The number of aliphatic hydroxyl groups is 1. The SMILES string of the molecule is Cc1ccccc1CC(=O)NCCCC(C)O. The van der Waals surface area contributed by atoms with Gasteiger partial charge in [-0.15, -0.1) is 0 Å². The summed E-state index contributed by atoms with van der Waals surface area (Å²) in [7, 11) is 0. The molecule has 1 amide bonds. The van der Waals surface area contributed by atoms with Crippen LogP contribution < -0.4 is 5.32 Å². The second-order valence-electron chi connectivity index (χ2n) is 4.44. The minimum absolute atomic E-state index is 0.0462. The third-order valence-electron chi connectivity index (χ3n) is 2.73. The molecule has 17 heavy (non-hydrogen) atoms. The van der Waals surface area contributed by atoms with E-state index in [0.29, 0.717) is 13.0 Å². The predicted octanol–water partition coefficient (Wildman–Crippen LogP) is 1.81. The van der Waals surface area contributed by atoms with Crippen LogP contribution in [-0.2, 0) is 11.2 Å². The van der Waals surface area contributed by atoms with Gasteiger partial charge in [0.15, 0.2) is 0 Å². The molecule has 94 valence electrons. The van der Waals surface area contributed by atoms with Crippen molar-refractivity contribution in [3.05, 3.63) is 35.4 Å². The molecule has 1 aromatic carbocycles. The first-order chi connectivity index (χ1) is 8.09. The van der Waals surface area contributed by atoms with Crippen LogP contribution in [0.3, 0.4) is 0 Å². The van der Waals surface area contributed by atoms with Crippen molar-refractivity contribution in [3.63, 3.8) is 0 Å². The van der Waals surface area contributed by atoms with Gasteiger partial charge >= 0.3 is 0 Å². The molecule has 1 unspecified atom stereocenters. The molecule has 1 atom stereocenters. The molecule has 2 N–H and O–H groups in total. The van der Waals surface area contributed by atoms with E-state index in [-0.39, 0.29) is 12.0 Å². The minimum Gasteiger partial charge on any atom is -0.393 e. The van der Waals surface area contributed by atoms with Gasteiger partial charge in [-0.1, -0.05) is 24.3 Å². The second kappa shape index (κ2) is 7.07. The highest BCUT2D eigenvalue weighted by Crippen LogP contribution is 2.07. The number of carbonyl (C=O) groups is 1. The molecule has 3 nitrogen and oxygen atoms in total. The Balaban J connectivity index is 2.28. The van der Waals surface area contributed by atoms with Crippen molar-refractivity contribution in [1.29, 1.82) is 0 Å². The van der Waals surface area contributed by atoms with E-state index in [1.54, 1.807) is 6.92 Å². The first kappa shape index (κ1) is 13.7. The van der Waals surface area contributed by atoms with E-state index in [0.717, 1.165) is 24.0 Å². The maximum atomic E-state index is 11.6. The molecule has 0 heterocycles. The maximum Gasteiger partial charge on any atom is 0.224 e. The molecule has 0 fully saturated rings. The van der Waals surface area contributed by atoms with Gasteiger partial charge in [-0.25, -0.2) is 0 Å². The highest BCUT2D eigenvalue weighted by molar-refractivity contribution is 5.78. The number of rotatable bonds is 6. The Hall–Kier alpha value is -1.35. The first-order valence-electron chi connectivity index (χ1n) is 6.09. The van der Waals surface area contributed by atoms with Crippen LogP contribution in [0.15, 0.2) is 24.3 Å². The summed E-state index contributed by atoms with van der Waals surface area (Å²) in [5, 5.41) is 11.9. The van der Waals surface area contributed by atoms with Gasteiger partial charge in [-0.05, 0) is 37.8 Å². The summed E-state index contributed by atoms with van der Waals surface area (Å²) in [6, 6.07) is 7.91. The molecule has 1 aromatic rings. The van der Waals surface area contributed by atoms with Gasteiger partial charge in [-0.3, -0.25) is 4.79 Å². The molecule has 1 rings (SSSR count). The van der Waals surface area contributed by atoms with Crippen LogP contribution in [0.4, 0.5) is 0 Å². The van der Waals surface area contributed by atoms with Gasteiger partial charge in [0.2, 0.25) is 5.91 Å². The van der Waals surface area contributed by atoms with Crippen molar-refractivity contribution >= 4 is 5.91 Å². The van der Waals surface area contributed by atoms with Gasteiger partial charge in [0.1, 0.15) is 0 Å². The van der Waals surface area contributed by atoms with Crippen LogP contribution in [0, 0.1) is 6.92 Å². The third kappa shape index (κ3) is 5.50. The van der Waals surface area contributed by atoms with Crippen LogP contribution in [0.2, 0.25) is 0 Å². The van der Waals surface area contributed by atoms with E-state index in [1.807, 2.05) is 31.2 Å². The highest BCUT2D eigenvalue weighted by Gasteiger charge is 2.04. The fourth-order valence-corrected chi connectivity index (χ4v) is 1.67. The lowest BCUT2D eigenvalue weighted by atomic mass is 10.1. The van der Waals surface area contributed by atoms with E-state index >= 15 is 0 Å². The number of hydrogen-bond donors (Lipinski definition) is 2. The number of amides is 1. The van der Waals surface area contributed by atoms with Crippen molar-refractivity contribution in [1.82, 2.24) is 5.32 Å². The number of aryl methyl sites for hydroxylation is 1. The minimum atomic E-state index is -0.289. The largest absolute Gasteiger partial charge is 0.393 e. The van der Waals surface area contributed by atoms with Gasteiger partial charge in [0, 0.05) is 6.54 Å². The average molecular weight is 235 g/mol. The number of hydrogen-bond acceptors (Lipinski definition) is 2. The van der Waals surface area contributed by atoms with Crippen LogP contribution in [-0.4, -0.2) is 23.7 Å². The molecule has 0 aliphatic rings. The number of benzene rings is 1. The van der Waals surface area contributed by atoms with Crippen molar-refractivity contribution in [3.8, 4) is 0 Å². The summed E-state index contributed by atoms with van der Waals surface area (Å²) < 4.78 is 0. The normalized spacial score (nSPS) is 12.2. The molecule has 0 spiro atoms. The molecular weight excluding hydrogens is 214 g/mol. The van der Waals surface area contributed by atoms with Crippen molar-refractivity contribution in [2.45, 2.75) is 39.2 Å². The zero-order valence-electron chi connectivity index (χ0n) is 10.6. The maximum absolute atomic E-state index is 11.6. The lowest BCUT2D eigenvalue weighted by Crippen LogP contribution is -2.26. The van der Waals surface area contributed by atoms with Crippen molar-refractivity contribution < 1.29 is 9.90 Å². The molecule has 0 bridgehead atoms. The Morgan fingerprint density at radius 1 is 1.41 bits per heavy atom. The Morgan fingerprint density at radius 3 is 2.76 bits per heavy atom. The van der Waals surface area contributed by atoms with Crippen molar-refractivity contribution in [2.24, 2.45) is 0 Å². The van der Waals surface area contributed by atoms with Gasteiger partial charge in [0.05, 0.1) is 12.5 Å². The molecule has 0 radical (unpaired) electrons. The molecular formula is C14H21NO2. The van der Waals surface area contributed by atoms with E-state index < -0.39 is 0 Å². The molecule has 0 aliphatic carbocycles. The topological polar surface area (TPSA) is 49.3 Å². The van der Waals surface area contributed by atoms with Crippen LogP contribution in [0.1, 0.15) is 30.9 Å². The highest BCUT2D eigenvalue weighted by atomic mass is 16.3. The third-order valence-corrected chi connectivity index (χ3v) is 2.73. The summed E-state index contributed by atoms with van der Waals surface area (Å²) in [4.78, 5) is 11.6. The Bertz CT molecular complexity index is 361. The fourth-order valence-electron chi connectivity index (χ4n) is 1.67. The number of nitrogens with one attached hydrogen (secondary N) is 1. The van der Waals surface area contributed by atoms with E-state index in [9.17, 15) is 4.79 Å². The summed E-state index contributed by atoms with van der Waals surface area (Å²) in [5.41, 5.74) is 2.21. The van der Waals surface area contributed by atoms with Gasteiger partial charge in [-0.2, -0.15) is 0 Å². The van der Waals surface area contributed by atoms with E-state index in [1.165, 1.54) is 0 Å². The molecule has 0 aliphatic heterocycles. The van der Waals surface area contributed by atoms with Gasteiger partial charge in [0.25, 0.3) is 0 Å². The molecule has 0 saturated heterocycles. The quantitative estimate of drug-likeness (QED) is 0.739. The van der Waals surface area contributed by atoms with Gasteiger partial charge < -0.3 is 10.4 Å². The summed E-state index contributed by atoms with van der Waals surface area (Å²) in [6.45, 7) is 4.40. The van der Waals surface area contributed by atoms with Crippen molar-refractivity contribution in [2.75, 3.05) is 6.54 Å². The standard InChI is InChI=1S/C14H21NO2/c1-11-6-3-4-8-13(11)10-14(17)15-9-5-7-12(2)16/h3-4,6,8,12,16H,5,7,9-10H2,1-2H3,(H,15,17). The predicted molar refractivity (Wildman–Crippen MR) is 68.8 cm³/mol. The number of aliphatic hydroxyl groups excluding tert-OH is 1. The molecule has 0 saturated carbocycles. The van der Waals surface area contributed by atoms with Crippen LogP contribution in [0.5, 0.6) is 0 Å². The Kier molecular flexibility index (Phi) is 5.70. The summed E-state index contributed by atoms with van der Waals surface area (Å²) >= 11 is 0. The Labute approximate surface area is 103 Å². The van der Waals surface area contributed by atoms with Crippen LogP contribution in [0.25, 0.3) is 0 Å². The second-order valence-corrected chi connectivity index (χ2v) is 4.44. The summed E-state index contributed by atoms with van der Waals surface area (Å²) in [5.74, 6) is 0.0462. The summed E-state index contributed by atoms with van der Waals surface area (Å²) in [6.07, 6.45) is 1.69. The van der Waals surface area contributed by atoms with E-state index in [4.69, 9.17) is 5.11 Å². The fraction of sp³-hybridized carbons (Fsp3) is 0.500. The zero-order chi connectivity index (χ0) is 12.7. The number of carbonyl (C=O) groups excluding carboxylic acids is 1. The lowest BCUT2D eigenvalue weighted by Gasteiger charge is -2.08. The Morgan fingerprint density at radius 2 is 2.12 bits per heavy atom. The molecule has 3 heteroatoms. The zero-order valence-corrected chi connectivity index (χ0v) is 10.6. The smallest absolute Gasteiger partial charge is 0.224 e. The first-order valence-corrected chi connectivity index (χ1v) is 6.09. The average Bonchev–Trinajstić information content (AvgIpc) is 2.27. The monoisotopic (exact) mass is 235 g/mol.